The lowest BCUT2D eigenvalue weighted by molar-refractivity contribution is 1.39. The number of fused-ring (bicyclic) bond motifs is 6. The Morgan fingerprint density at radius 1 is 0.419 bits per heavy atom. The molecule has 7 rings (SSSR count). The summed E-state index contributed by atoms with van der Waals surface area (Å²) in [6.45, 7) is 0. The maximum atomic E-state index is 3.70. The van der Waals surface area contributed by atoms with E-state index in [9.17, 15) is 0 Å². The van der Waals surface area contributed by atoms with Crippen molar-refractivity contribution in [3.63, 3.8) is 0 Å². The van der Waals surface area contributed by atoms with E-state index in [2.05, 4.69) is 114 Å². The van der Waals surface area contributed by atoms with Crippen LogP contribution in [0.2, 0.25) is 0 Å². The van der Waals surface area contributed by atoms with Gasteiger partial charge in [0, 0.05) is 27.7 Å². The molecule has 0 saturated heterocycles. The van der Waals surface area contributed by atoms with Gasteiger partial charge in [0.25, 0.3) is 0 Å². The molecule has 0 bridgehead atoms. The van der Waals surface area contributed by atoms with Gasteiger partial charge in [-0.2, -0.15) is 0 Å². The van der Waals surface area contributed by atoms with E-state index in [1.54, 1.807) is 0 Å². The molecule has 1 N–H and O–H groups in total. The SMILES string of the molecule is c1ccc(C2=C3C(=C(c4cc5ccccc5[nH]4)c4ccccc43)c3ccccc32)cc1. The van der Waals surface area contributed by atoms with Gasteiger partial charge < -0.3 is 4.98 Å². The van der Waals surface area contributed by atoms with Crippen LogP contribution in [0.4, 0.5) is 0 Å². The van der Waals surface area contributed by atoms with Crippen LogP contribution in [0.5, 0.6) is 0 Å². The molecular formula is C30H19N. The van der Waals surface area contributed by atoms with E-state index in [4.69, 9.17) is 0 Å². The molecule has 0 amide bonds. The molecule has 0 saturated carbocycles. The standard InChI is InChI=1S/C30H19N/c1-2-10-19(11-3-1)27-21-13-5-7-15-23(21)30-28(22-14-6-8-16-24(22)29(27)30)26-18-20-12-4-9-17-25(20)31-26/h1-18,31H. The Hall–Kier alpha value is -4.10. The average molecular weight is 393 g/mol. The Kier molecular flexibility index (Phi) is 3.33. The highest BCUT2D eigenvalue weighted by molar-refractivity contribution is 6.35. The first kappa shape index (κ1) is 16.7. The van der Waals surface area contributed by atoms with Gasteiger partial charge in [-0.25, -0.2) is 0 Å². The van der Waals surface area contributed by atoms with Crippen LogP contribution in [-0.4, -0.2) is 4.98 Å². The van der Waals surface area contributed by atoms with Crippen molar-refractivity contribution in [2.45, 2.75) is 0 Å². The fourth-order valence-electron chi connectivity index (χ4n) is 5.29. The zero-order chi connectivity index (χ0) is 20.4. The van der Waals surface area contributed by atoms with Crippen LogP contribution in [0.15, 0.2) is 109 Å². The zero-order valence-corrected chi connectivity index (χ0v) is 16.9. The van der Waals surface area contributed by atoms with E-state index in [0.29, 0.717) is 0 Å². The van der Waals surface area contributed by atoms with Crippen molar-refractivity contribution < 1.29 is 0 Å². The predicted molar refractivity (Wildman–Crippen MR) is 129 cm³/mol. The highest BCUT2D eigenvalue weighted by atomic mass is 14.7. The number of benzene rings is 4. The Balaban J connectivity index is 1.63. The monoisotopic (exact) mass is 393 g/mol. The molecule has 0 atom stereocenters. The summed E-state index contributed by atoms with van der Waals surface area (Å²) in [4.78, 5) is 3.70. The third-order valence-electron chi connectivity index (χ3n) is 6.54. The number of aromatic amines is 1. The molecule has 0 radical (unpaired) electrons. The number of hydrogen-bond donors (Lipinski definition) is 1. The van der Waals surface area contributed by atoms with Crippen LogP contribution in [0.3, 0.4) is 0 Å². The molecule has 1 nitrogen and oxygen atoms in total. The fourth-order valence-corrected chi connectivity index (χ4v) is 5.29. The molecule has 0 unspecified atom stereocenters. The summed E-state index contributed by atoms with van der Waals surface area (Å²) in [5.41, 5.74) is 14.3. The molecule has 4 aromatic carbocycles. The quantitative estimate of drug-likeness (QED) is 0.321. The van der Waals surface area contributed by atoms with Crippen LogP contribution in [0.25, 0.3) is 33.2 Å². The van der Waals surface area contributed by atoms with Crippen molar-refractivity contribution in [3.8, 4) is 0 Å². The van der Waals surface area contributed by atoms with Gasteiger partial charge in [0.2, 0.25) is 0 Å². The van der Waals surface area contributed by atoms with Gasteiger partial charge in [-0.3, -0.25) is 0 Å². The smallest absolute Gasteiger partial charge is 0.0477 e. The molecule has 0 fully saturated rings. The van der Waals surface area contributed by atoms with E-state index < -0.39 is 0 Å². The summed E-state index contributed by atoms with van der Waals surface area (Å²) in [5, 5.41) is 1.25. The second-order valence-corrected chi connectivity index (χ2v) is 8.23. The van der Waals surface area contributed by atoms with Crippen molar-refractivity contribution >= 4 is 33.2 Å². The first-order chi connectivity index (χ1) is 15.4. The molecule has 0 spiro atoms. The molecule has 1 heteroatoms. The number of allylic oxidation sites excluding steroid dienone is 2. The molecule has 1 heterocycles. The van der Waals surface area contributed by atoms with Gasteiger partial charge >= 0.3 is 0 Å². The van der Waals surface area contributed by atoms with Gasteiger partial charge in [-0.15, -0.1) is 0 Å². The van der Waals surface area contributed by atoms with Crippen molar-refractivity contribution in [2.24, 2.45) is 0 Å². The van der Waals surface area contributed by atoms with Gasteiger partial charge in [-0.05, 0) is 51.1 Å². The second kappa shape index (κ2) is 6.20. The van der Waals surface area contributed by atoms with Crippen molar-refractivity contribution in [1.82, 2.24) is 4.98 Å². The highest BCUT2D eigenvalue weighted by Crippen LogP contribution is 2.58. The minimum Gasteiger partial charge on any atom is -0.354 e. The lowest BCUT2D eigenvalue weighted by Gasteiger charge is -2.10. The summed E-state index contributed by atoms with van der Waals surface area (Å²) in [5.74, 6) is 0. The van der Waals surface area contributed by atoms with Gasteiger partial charge in [0.15, 0.2) is 0 Å². The third-order valence-corrected chi connectivity index (χ3v) is 6.54. The first-order valence-corrected chi connectivity index (χ1v) is 10.7. The van der Waals surface area contributed by atoms with E-state index in [1.165, 1.54) is 66.7 Å². The summed E-state index contributed by atoms with van der Waals surface area (Å²) in [7, 11) is 0. The number of aromatic nitrogens is 1. The lowest BCUT2D eigenvalue weighted by Crippen LogP contribution is -1.92. The Morgan fingerprint density at radius 3 is 1.61 bits per heavy atom. The molecular weight excluding hydrogens is 374 g/mol. The largest absolute Gasteiger partial charge is 0.354 e. The summed E-state index contributed by atoms with van der Waals surface area (Å²) < 4.78 is 0. The number of hydrogen-bond acceptors (Lipinski definition) is 0. The van der Waals surface area contributed by atoms with Gasteiger partial charge in [0.05, 0.1) is 0 Å². The number of para-hydroxylation sites is 1. The van der Waals surface area contributed by atoms with Gasteiger partial charge in [-0.1, -0.05) is 97.1 Å². The van der Waals surface area contributed by atoms with E-state index in [-0.39, 0.29) is 0 Å². The maximum Gasteiger partial charge on any atom is 0.0477 e. The summed E-state index contributed by atoms with van der Waals surface area (Å²) >= 11 is 0. The predicted octanol–water partition coefficient (Wildman–Crippen LogP) is 7.41. The Bertz CT molecular complexity index is 1530. The second-order valence-electron chi connectivity index (χ2n) is 8.23. The van der Waals surface area contributed by atoms with Gasteiger partial charge in [0.1, 0.15) is 0 Å². The first-order valence-electron chi connectivity index (χ1n) is 10.7. The average Bonchev–Trinajstić information content (AvgIpc) is 3.49. The number of rotatable bonds is 2. The maximum absolute atomic E-state index is 3.70. The van der Waals surface area contributed by atoms with Crippen LogP contribution >= 0.6 is 0 Å². The van der Waals surface area contributed by atoms with Crippen LogP contribution < -0.4 is 0 Å². The number of nitrogens with one attached hydrogen (secondary N) is 1. The van der Waals surface area contributed by atoms with Crippen molar-refractivity contribution in [3.05, 3.63) is 143 Å². The molecule has 2 aliphatic rings. The normalized spacial score (nSPS) is 14.2. The van der Waals surface area contributed by atoms with Crippen LogP contribution in [-0.2, 0) is 0 Å². The molecule has 144 valence electrons. The fraction of sp³-hybridized carbons (Fsp3) is 0. The van der Waals surface area contributed by atoms with E-state index >= 15 is 0 Å². The minimum absolute atomic E-state index is 1.18. The van der Waals surface area contributed by atoms with Crippen molar-refractivity contribution in [1.29, 1.82) is 0 Å². The van der Waals surface area contributed by atoms with Crippen molar-refractivity contribution in [2.75, 3.05) is 0 Å². The zero-order valence-electron chi connectivity index (χ0n) is 16.9. The summed E-state index contributed by atoms with van der Waals surface area (Å²) in [6, 6.07) is 39.3. The molecule has 5 aromatic rings. The lowest BCUT2D eigenvalue weighted by atomic mass is 9.93. The Morgan fingerprint density at radius 2 is 0.935 bits per heavy atom. The third kappa shape index (κ3) is 2.26. The van der Waals surface area contributed by atoms with Crippen LogP contribution in [0, 0.1) is 0 Å². The van der Waals surface area contributed by atoms with E-state index in [1.807, 2.05) is 0 Å². The Labute approximate surface area is 181 Å². The minimum atomic E-state index is 1.18. The van der Waals surface area contributed by atoms with E-state index in [0.717, 1.165) is 0 Å². The molecule has 31 heavy (non-hydrogen) atoms. The summed E-state index contributed by atoms with van der Waals surface area (Å²) in [6.07, 6.45) is 0. The molecule has 1 aromatic heterocycles. The highest BCUT2D eigenvalue weighted by Gasteiger charge is 2.37. The number of H-pyrrole nitrogens is 1. The molecule has 0 aliphatic heterocycles. The topological polar surface area (TPSA) is 15.8 Å². The van der Waals surface area contributed by atoms with Crippen LogP contribution in [0.1, 0.15) is 33.5 Å². The molecule has 2 aliphatic carbocycles.